The Hall–Kier alpha value is -1.29. The van der Waals surface area contributed by atoms with Crippen LogP contribution in [0.15, 0.2) is 33.7 Å². The van der Waals surface area contributed by atoms with Crippen LogP contribution < -0.4 is 10.6 Å². The zero-order valence-corrected chi connectivity index (χ0v) is 19.1. The van der Waals surface area contributed by atoms with E-state index in [-0.39, 0.29) is 29.7 Å². The lowest BCUT2D eigenvalue weighted by Gasteiger charge is -2.19. The van der Waals surface area contributed by atoms with Gasteiger partial charge in [-0.2, -0.15) is 0 Å². The number of nitrogens with zero attached hydrogens (tertiary/aromatic N) is 1. The Kier molecular flexibility index (Phi) is 7.94. The van der Waals surface area contributed by atoms with Gasteiger partial charge in [-0.15, -0.1) is 24.0 Å². The summed E-state index contributed by atoms with van der Waals surface area (Å²) in [5, 5.41) is 7.30. The van der Waals surface area contributed by atoms with Crippen LogP contribution in [-0.4, -0.2) is 38.5 Å². The number of furan rings is 1. The lowest BCUT2D eigenvalue weighted by atomic mass is 10.1. The number of guanidine groups is 1. The molecule has 0 spiro atoms. The Morgan fingerprint density at radius 2 is 1.85 bits per heavy atom. The number of benzene rings is 1. The van der Waals surface area contributed by atoms with Gasteiger partial charge in [-0.25, -0.2) is 8.42 Å². The molecule has 8 heteroatoms. The fourth-order valence-electron chi connectivity index (χ4n) is 2.39. The smallest absolute Gasteiger partial charge is 0.191 e. The highest BCUT2D eigenvalue weighted by atomic mass is 127. The van der Waals surface area contributed by atoms with Crippen LogP contribution >= 0.6 is 24.0 Å². The first kappa shape index (κ1) is 22.8. The first-order valence-electron chi connectivity index (χ1n) is 8.29. The Labute approximate surface area is 172 Å². The maximum atomic E-state index is 12.1. The summed E-state index contributed by atoms with van der Waals surface area (Å²) in [6.45, 7) is 7.93. The van der Waals surface area contributed by atoms with Gasteiger partial charge in [0.2, 0.25) is 0 Å². The predicted octanol–water partition coefficient (Wildman–Crippen LogP) is 3.24. The number of para-hydroxylation sites is 1. The molecule has 0 saturated heterocycles. The van der Waals surface area contributed by atoms with Crippen molar-refractivity contribution in [3.05, 3.63) is 35.6 Å². The van der Waals surface area contributed by atoms with Gasteiger partial charge in [-0.1, -0.05) is 18.2 Å². The molecule has 0 saturated carbocycles. The zero-order chi connectivity index (χ0) is 18.7. The predicted molar refractivity (Wildman–Crippen MR) is 118 cm³/mol. The van der Waals surface area contributed by atoms with Crippen LogP contribution in [0.1, 0.15) is 32.1 Å². The number of nitrogens with one attached hydrogen (secondary N) is 2. The molecule has 0 radical (unpaired) electrons. The molecule has 0 aliphatic heterocycles. The van der Waals surface area contributed by atoms with Gasteiger partial charge >= 0.3 is 0 Å². The Balaban J connectivity index is 0.00000338. The molecule has 0 bridgehead atoms. The van der Waals surface area contributed by atoms with Crippen molar-refractivity contribution in [2.24, 2.45) is 4.99 Å². The molecule has 0 fully saturated rings. The second-order valence-electron chi connectivity index (χ2n) is 6.93. The Morgan fingerprint density at radius 1 is 1.19 bits per heavy atom. The summed E-state index contributed by atoms with van der Waals surface area (Å²) in [4.78, 5) is 4.13. The molecule has 1 heterocycles. The third-order valence-corrected chi connectivity index (χ3v) is 6.79. The second-order valence-corrected chi connectivity index (χ2v) is 9.79. The number of hydrogen-bond donors (Lipinski definition) is 2. The van der Waals surface area contributed by atoms with E-state index in [0.717, 1.165) is 22.3 Å². The van der Waals surface area contributed by atoms with Gasteiger partial charge in [0.15, 0.2) is 15.8 Å². The highest BCUT2D eigenvalue weighted by Gasteiger charge is 2.28. The summed E-state index contributed by atoms with van der Waals surface area (Å²) in [5.74, 6) is 1.44. The van der Waals surface area contributed by atoms with Crippen LogP contribution in [0.5, 0.6) is 0 Å². The number of aryl methyl sites for hydroxylation is 1. The standard InChI is InChI=1S/C18H27N3O3S.HI/c1-13-14-8-6-7-9-15(14)24-16(13)12-21-17(19-5)20-10-11-25(22,23)18(2,3)4;/h6-9H,10-12H2,1-5H3,(H2,19,20,21);1H. The van der Waals surface area contributed by atoms with Crippen LogP contribution in [0.2, 0.25) is 0 Å². The van der Waals surface area contributed by atoms with E-state index in [4.69, 9.17) is 4.42 Å². The van der Waals surface area contributed by atoms with Crippen LogP contribution in [0.3, 0.4) is 0 Å². The lowest BCUT2D eigenvalue weighted by Crippen LogP contribution is -2.41. The first-order chi connectivity index (χ1) is 11.7. The molecular formula is C18H28IN3O3S. The Morgan fingerprint density at radius 3 is 2.42 bits per heavy atom. The van der Waals surface area contributed by atoms with Crippen LogP contribution in [-0.2, 0) is 16.4 Å². The van der Waals surface area contributed by atoms with Gasteiger partial charge in [0.05, 0.1) is 17.0 Å². The molecule has 0 atom stereocenters. The number of fused-ring (bicyclic) bond motifs is 1. The van der Waals surface area contributed by atoms with Crippen molar-refractivity contribution in [1.29, 1.82) is 0 Å². The number of aliphatic imine (C=N–C) groups is 1. The maximum Gasteiger partial charge on any atom is 0.191 e. The molecule has 1 aromatic carbocycles. The molecule has 6 nitrogen and oxygen atoms in total. The van der Waals surface area contributed by atoms with Gasteiger partial charge in [-0.3, -0.25) is 4.99 Å². The summed E-state index contributed by atoms with van der Waals surface area (Å²) in [7, 11) is -1.50. The highest BCUT2D eigenvalue weighted by Crippen LogP contribution is 2.24. The van der Waals surface area contributed by atoms with Gasteiger partial charge in [0.25, 0.3) is 0 Å². The van der Waals surface area contributed by atoms with Crippen molar-refractivity contribution < 1.29 is 12.8 Å². The number of halogens is 1. The summed E-state index contributed by atoms with van der Waals surface area (Å²) in [6, 6.07) is 7.90. The van der Waals surface area contributed by atoms with Crippen LogP contribution in [0.25, 0.3) is 11.0 Å². The van der Waals surface area contributed by atoms with E-state index in [1.807, 2.05) is 31.2 Å². The van der Waals surface area contributed by atoms with Crippen molar-refractivity contribution in [2.45, 2.75) is 39.0 Å². The molecule has 2 N–H and O–H groups in total. The van der Waals surface area contributed by atoms with Crippen molar-refractivity contribution in [2.75, 3.05) is 19.3 Å². The fourth-order valence-corrected chi connectivity index (χ4v) is 3.37. The molecule has 1 aromatic heterocycles. The number of hydrogen-bond acceptors (Lipinski definition) is 4. The zero-order valence-electron chi connectivity index (χ0n) is 15.9. The molecule has 26 heavy (non-hydrogen) atoms. The summed E-state index contributed by atoms with van der Waals surface area (Å²) < 4.78 is 29.4. The van der Waals surface area contributed by atoms with Crippen molar-refractivity contribution in [3.8, 4) is 0 Å². The third-order valence-electron chi connectivity index (χ3n) is 4.18. The summed E-state index contributed by atoms with van der Waals surface area (Å²) in [6.07, 6.45) is 0. The summed E-state index contributed by atoms with van der Waals surface area (Å²) in [5.41, 5.74) is 1.95. The number of rotatable bonds is 5. The van der Waals surface area contributed by atoms with Crippen molar-refractivity contribution in [1.82, 2.24) is 10.6 Å². The van der Waals surface area contributed by atoms with Gasteiger partial charge in [0.1, 0.15) is 11.3 Å². The fraction of sp³-hybridized carbons (Fsp3) is 0.500. The molecule has 0 aliphatic rings. The van der Waals surface area contributed by atoms with E-state index in [2.05, 4.69) is 15.6 Å². The van der Waals surface area contributed by atoms with Gasteiger partial charge in [0, 0.05) is 24.5 Å². The average molecular weight is 493 g/mol. The number of sulfone groups is 1. The van der Waals surface area contributed by atoms with Gasteiger partial charge < -0.3 is 15.1 Å². The minimum atomic E-state index is -3.16. The summed E-state index contributed by atoms with van der Waals surface area (Å²) >= 11 is 0. The average Bonchev–Trinajstić information content (AvgIpc) is 2.86. The van der Waals surface area contributed by atoms with E-state index in [1.165, 1.54) is 0 Å². The first-order valence-corrected chi connectivity index (χ1v) is 9.95. The Bertz CT molecular complexity index is 867. The highest BCUT2D eigenvalue weighted by molar-refractivity contribution is 14.0. The minimum Gasteiger partial charge on any atom is -0.459 e. The molecule has 146 valence electrons. The topological polar surface area (TPSA) is 83.7 Å². The van der Waals surface area contributed by atoms with E-state index in [1.54, 1.807) is 27.8 Å². The van der Waals surface area contributed by atoms with Crippen molar-refractivity contribution in [3.63, 3.8) is 0 Å². The monoisotopic (exact) mass is 493 g/mol. The quantitative estimate of drug-likeness (QED) is 0.380. The van der Waals surface area contributed by atoms with Crippen LogP contribution in [0, 0.1) is 6.92 Å². The van der Waals surface area contributed by atoms with E-state index >= 15 is 0 Å². The minimum absolute atomic E-state index is 0. The third kappa shape index (κ3) is 5.35. The van der Waals surface area contributed by atoms with Gasteiger partial charge in [-0.05, 0) is 33.8 Å². The molecule has 0 unspecified atom stereocenters. The largest absolute Gasteiger partial charge is 0.459 e. The molecular weight excluding hydrogens is 465 g/mol. The molecule has 2 rings (SSSR count). The second kappa shape index (κ2) is 9.07. The van der Waals surface area contributed by atoms with E-state index < -0.39 is 14.6 Å². The van der Waals surface area contributed by atoms with E-state index in [9.17, 15) is 8.42 Å². The lowest BCUT2D eigenvalue weighted by molar-refractivity contribution is 0.534. The van der Waals surface area contributed by atoms with E-state index in [0.29, 0.717) is 19.0 Å². The molecule has 0 amide bonds. The van der Waals surface area contributed by atoms with Crippen molar-refractivity contribution >= 4 is 50.7 Å². The van der Waals surface area contributed by atoms with Crippen LogP contribution in [0.4, 0.5) is 0 Å². The maximum absolute atomic E-state index is 12.1. The SMILES string of the molecule is CN=C(NCCS(=O)(=O)C(C)(C)C)NCc1oc2ccccc2c1C.I. The molecule has 2 aromatic rings. The molecule has 0 aliphatic carbocycles. The normalized spacial score (nSPS) is 12.7.